The normalized spacial score (nSPS) is 7.00. The summed E-state index contributed by atoms with van der Waals surface area (Å²) in [6.45, 7) is 2.40. The monoisotopic (exact) mass is 214 g/mol. The summed E-state index contributed by atoms with van der Waals surface area (Å²) in [5.41, 5.74) is 0. The summed E-state index contributed by atoms with van der Waals surface area (Å²) in [6, 6.07) is 0. The number of aliphatic hydroxyl groups is 1. The van der Waals surface area contributed by atoms with Crippen LogP contribution in [0.1, 0.15) is 19.8 Å². The van der Waals surface area contributed by atoms with E-state index in [2.05, 4.69) is 6.92 Å². The summed E-state index contributed by atoms with van der Waals surface area (Å²) < 4.78 is 0. The van der Waals surface area contributed by atoms with Crippen LogP contribution in [-0.2, 0) is 0 Å². The zero-order valence-corrected chi connectivity index (χ0v) is 7.21. The standard InChI is InChI=1S/C4H10O.Ce/c1-2-3-4-5;/h5H,2-4H2,1H3;/q;+4. The number of aliphatic hydroxyl groups excluding tert-OH is 1. The van der Waals surface area contributed by atoms with E-state index in [1.165, 1.54) is 0 Å². The van der Waals surface area contributed by atoms with Gasteiger partial charge in [-0.2, -0.15) is 0 Å². The fourth-order valence-corrected chi connectivity index (χ4v) is 0.158. The van der Waals surface area contributed by atoms with Gasteiger partial charge in [-0.05, 0) is 6.42 Å². The first kappa shape index (κ1) is 10.3. The average Bonchev–Trinajstić information content (AvgIpc) is 1.41. The second-order valence-corrected chi connectivity index (χ2v) is 1.08. The number of hydrogen-bond acceptors (Lipinski definition) is 1. The Morgan fingerprint density at radius 1 is 1.50 bits per heavy atom. The van der Waals surface area contributed by atoms with E-state index >= 15 is 0 Å². The molecule has 0 aromatic heterocycles. The van der Waals surface area contributed by atoms with Crippen LogP contribution in [0, 0.1) is 41.7 Å². The van der Waals surface area contributed by atoms with Gasteiger partial charge in [0.15, 0.2) is 0 Å². The minimum absolute atomic E-state index is 0. The van der Waals surface area contributed by atoms with Crippen molar-refractivity contribution in [2.24, 2.45) is 0 Å². The van der Waals surface area contributed by atoms with Crippen LogP contribution < -0.4 is 0 Å². The quantitative estimate of drug-likeness (QED) is 0.720. The zero-order chi connectivity index (χ0) is 4.12. The van der Waals surface area contributed by atoms with Gasteiger partial charge >= 0.3 is 41.7 Å². The molecule has 0 heterocycles. The third-order valence-electron chi connectivity index (χ3n) is 0.512. The molecule has 0 saturated carbocycles. The van der Waals surface area contributed by atoms with Crippen molar-refractivity contribution in [2.45, 2.75) is 19.8 Å². The van der Waals surface area contributed by atoms with E-state index in [-0.39, 0.29) is 41.7 Å². The third-order valence-corrected chi connectivity index (χ3v) is 0.512. The maximum atomic E-state index is 8.07. The van der Waals surface area contributed by atoms with Crippen LogP contribution in [0.5, 0.6) is 0 Å². The molecule has 6 heavy (non-hydrogen) atoms. The maximum absolute atomic E-state index is 8.07. The van der Waals surface area contributed by atoms with Crippen LogP contribution >= 0.6 is 0 Å². The summed E-state index contributed by atoms with van der Waals surface area (Å²) in [7, 11) is 0. The Kier molecular flexibility index (Phi) is 16.5. The molecule has 0 fully saturated rings. The predicted octanol–water partition coefficient (Wildman–Crippen LogP) is 0.779. The largest absolute Gasteiger partial charge is 4.00 e. The predicted molar refractivity (Wildman–Crippen MR) is 22.0 cm³/mol. The minimum Gasteiger partial charge on any atom is -0.396 e. The van der Waals surface area contributed by atoms with E-state index in [9.17, 15) is 0 Å². The SMILES string of the molecule is CCCCO.[Ce+4]. The van der Waals surface area contributed by atoms with Crippen LogP contribution in [0.3, 0.4) is 0 Å². The van der Waals surface area contributed by atoms with Crippen LogP contribution in [0.25, 0.3) is 0 Å². The second-order valence-electron chi connectivity index (χ2n) is 1.08. The van der Waals surface area contributed by atoms with Crippen molar-refractivity contribution in [1.29, 1.82) is 0 Å². The minimum atomic E-state index is 0. The topological polar surface area (TPSA) is 20.2 Å². The van der Waals surface area contributed by atoms with Gasteiger partial charge in [0.1, 0.15) is 0 Å². The Morgan fingerprint density at radius 3 is 2.00 bits per heavy atom. The Morgan fingerprint density at radius 2 is 2.00 bits per heavy atom. The average molecular weight is 214 g/mol. The smallest absolute Gasteiger partial charge is 0.396 e. The Labute approximate surface area is 72.5 Å². The van der Waals surface area contributed by atoms with Crippen molar-refractivity contribution in [3.63, 3.8) is 0 Å². The molecule has 0 bridgehead atoms. The van der Waals surface area contributed by atoms with Crippen molar-refractivity contribution in [2.75, 3.05) is 6.61 Å². The molecule has 0 unspecified atom stereocenters. The van der Waals surface area contributed by atoms with E-state index in [0.29, 0.717) is 6.61 Å². The van der Waals surface area contributed by atoms with Crippen LogP contribution in [-0.4, -0.2) is 11.7 Å². The maximum Gasteiger partial charge on any atom is 4.00 e. The third kappa shape index (κ3) is 9.01. The number of rotatable bonds is 2. The molecule has 1 nitrogen and oxygen atoms in total. The molecule has 2 heteroatoms. The molecule has 0 amide bonds. The van der Waals surface area contributed by atoms with E-state index in [1.54, 1.807) is 0 Å². The molecule has 0 rings (SSSR count). The zero-order valence-electron chi connectivity index (χ0n) is 4.07. The molecule has 1 N–H and O–H groups in total. The Hall–Kier alpha value is 1.34. The van der Waals surface area contributed by atoms with Crippen molar-refractivity contribution in [3.8, 4) is 0 Å². The fourth-order valence-electron chi connectivity index (χ4n) is 0.158. The van der Waals surface area contributed by atoms with Gasteiger partial charge in [0, 0.05) is 6.61 Å². The van der Waals surface area contributed by atoms with Crippen molar-refractivity contribution in [3.05, 3.63) is 0 Å². The Bertz CT molecular complexity index is 15.0. The molecular formula is C4H10CeO+4. The van der Waals surface area contributed by atoms with Gasteiger partial charge in [-0.3, -0.25) is 0 Å². The van der Waals surface area contributed by atoms with Crippen LogP contribution in [0.2, 0.25) is 0 Å². The van der Waals surface area contributed by atoms with Crippen LogP contribution in [0.15, 0.2) is 0 Å². The molecular weight excluding hydrogens is 204 g/mol. The molecule has 0 aromatic rings. The molecule has 0 aromatic carbocycles. The van der Waals surface area contributed by atoms with E-state index in [4.69, 9.17) is 5.11 Å². The summed E-state index contributed by atoms with van der Waals surface area (Å²) in [4.78, 5) is 0. The molecule has 0 saturated heterocycles. The molecule has 0 radical (unpaired) electrons. The van der Waals surface area contributed by atoms with Gasteiger partial charge in [-0.1, -0.05) is 13.3 Å². The van der Waals surface area contributed by atoms with E-state index in [1.807, 2.05) is 0 Å². The first-order chi connectivity index (χ1) is 2.41. The first-order valence-electron chi connectivity index (χ1n) is 2.02. The fraction of sp³-hybridized carbons (Fsp3) is 1.00. The number of unbranched alkanes of at least 4 members (excludes halogenated alkanes) is 1. The molecule has 0 aliphatic heterocycles. The molecule has 0 aliphatic carbocycles. The molecule has 0 atom stereocenters. The van der Waals surface area contributed by atoms with Crippen molar-refractivity contribution in [1.82, 2.24) is 0 Å². The first-order valence-corrected chi connectivity index (χ1v) is 2.02. The number of hydrogen-bond donors (Lipinski definition) is 1. The summed E-state index contributed by atoms with van der Waals surface area (Å²) >= 11 is 0. The van der Waals surface area contributed by atoms with Gasteiger partial charge in [0.2, 0.25) is 0 Å². The summed E-state index contributed by atoms with van der Waals surface area (Å²) in [5, 5.41) is 8.07. The van der Waals surface area contributed by atoms with E-state index in [0.717, 1.165) is 12.8 Å². The second kappa shape index (κ2) is 9.60. The van der Waals surface area contributed by atoms with Crippen molar-refractivity contribution < 1.29 is 46.9 Å². The summed E-state index contributed by atoms with van der Waals surface area (Å²) in [6.07, 6.45) is 2.04. The summed E-state index contributed by atoms with van der Waals surface area (Å²) in [5.74, 6) is 0. The van der Waals surface area contributed by atoms with Crippen LogP contribution in [0.4, 0.5) is 0 Å². The molecule has 0 aliphatic rings. The Balaban J connectivity index is 0. The van der Waals surface area contributed by atoms with Crippen molar-refractivity contribution >= 4 is 0 Å². The molecule has 32 valence electrons. The molecule has 0 spiro atoms. The van der Waals surface area contributed by atoms with Gasteiger partial charge in [-0.15, -0.1) is 0 Å². The van der Waals surface area contributed by atoms with Gasteiger partial charge in [-0.25, -0.2) is 0 Å². The van der Waals surface area contributed by atoms with E-state index < -0.39 is 0 Å². The van der Waals surface area contributed by atoms with Gasteiger partial charge in [0.25, 0.3) is 0 Å². The van der Waals surface area contributed by atoms with Gasteiger partial charge < -0.3 is 5.11 Å². The van der Waals surface area contributed by atoms with Gasteiger partial charge in [0.05, 0.1) is 0 Å².